The van der Waals surface area contributed by atoms with Gasteiger partial charge in [0.15, 0.2) is 0 Å². The van der Waals surface area contributed by atoms with Crippen molar-refractivity contribution in [2.24, 2.45) is 0 Å². The molecule has 18 heavy (non-hydrogen) atoms. The molecule has 0 unspecified atom stereocenters. The number of carbonyl (C=O) groups is 1. The summed E-state index contributed by atoms with van der Waals surface area (Å²) in [4.78, 5) is 20.1. The van der Waals surface area contributed by atoms with Crippen molar-refractivity contribution in [1.29, 1.82) is 0 Å². The molecule has 0 saturated carbocycles. The number of nitrogens with one attached hydrogen (secondary N) is 1. The van der Waals surface area contributed by atoms with Gasteiger partial charge in [-0.05, 0) is 23.6 Å². The third-order valence-electron chi connectivity index (χ3n) is 2.60. The summed E-state index contributed by atoms with van der Waals surface area (Å²) in [5.41, 5.74) is 1.64. The van der Waals surface area contributed by atoms with E-state index in [-0.39, 0.29) is 5.91 Å². The van der Waals surface area contributed by atoms with Crippen molar-refractivity contribution in [3.05, 3.63) is 53.9 Å². The number of benzene rings is 1. The Morgan fingerprint density at radius 3 is 2.28 bits per heavy atom. The molecular weight excluding hydrogens is 226 g/mol. The van der Waals surface area contributed by atoms with Crippen LogP contribution in [0.25, 0.3) is 0 Å². The molecule has 0 aliphatic carbocycles. The van der Waals surface area contributed by atoms with Crippen LogP contribution in [-0.2, 0) is 0 Å². The highest BCUT2D eigenvalue weighted by Crippen LogP contribution is 2.12. The van der Waals surface area contributed by atoms with Gasteiger partial charge >= 0.3 is 0 Å². The van der Waals surface area contributed by atoms with Gasteiger partial charge in [0.05, 0.1) is 0 Å². The van der Waals surface area contributed by atoms with E-state index < -0.39 is 0 Å². The van der Waals surface area contributed by atoms with Crippen LogP contribution in [0.1, 0.15) is 35.7 Å². The van der Waals surface area contributed by atoms with Crippen molar-refractivity contribution < 1.29 is 4.79 Å². The monoisotopic (exact) mass is 241 g/mol. The summed E-state index contributed by atoms with van der Waals surface area (Å²) in [5.74, 6) is 0.505. The van der Waals surface area contributed by atoms with E-state index in [9.17, 15) is 4.79 Å². The molecule has 1 aromatic carbocycles. The smallest absolute Gasteiger partial charge is 0.258 e. The molecule has 0 fully saturated rings. The van der Waals surface area contributed by atoms with E-state index in [1.54, 1.807) is 24.5 Å². The fourth-order valence-corrected chi connectivity index (χ4v) is 1.46. The number of aromatic nitrogens is 2. The average Bonchev–Trinajstić information content (AvgIpc) is 2.40. The molecule has 0 aliphatic rings. The standard InChI is InChI=1S/C14H15N3O/c1-10(2)12-8-15-14(16-9-12)17-13(18)11-6-4-3-5-7-11/h3-10H,1-2H3,(H,15,16,17,18). The van der Waals surface area contributed by atoms with E-state index in [4.69, 9.17) is 0 Å². The topological polar surface area (TPSA) is 54.9 Å². The average molecular weight is 241 g/mol. The highest BCUT2D eigenvalue weighted by atomic mass is 16.1. The lowest BCUT2D eigenvalue weighted by Crippen LogP contribution is -2.14. The number of rotatable bonds is 3. The summed E-state index contributed by atoms with van der Waals surface area (Å²) in [6, 6.07) is 9.00. The largest absolute Gasteiger partial charge is 0.290 e. The summed E-state index contributed by atoms with van der Waals surface area (Å²) >= 11 is 0. The predicted octanol–water partition coefficient (Wildman–Crippen LogP) is 2.85. The molecule has 1 N–H and O–H groups in total. The van der Waals surface area contributed by atoms with E-state index in [1.165, 1.54) is 0 Å². The van der Waals surface area contributed by atoms with Gasteiger partial charge in [-0.1, -0.05) is 32.0 Å². The van der Waals surface area contributed by atoms with Crippen LogP contribution in [0.4, 0.5) is 5.95 Å². The quantitative estimate of drug-likeness (QED) is 0.899. The second kappa shape index (κ2) is 5.40. The minimum absolute atomic E-state index is 0.201. The van der Waals surface area contributed by atoms with Gasteiger partial charge in [0.1, 0.15) is 0 Å². The minimum Gasteiger partial charge on any atom is -0.290 e. The highest BCUT2D eigenvalue weighted by molar-refractivity contribution is 6.03. The summed E-state index contributed by atoms with van der Waals surface area (Å²) < 4.78 is 0. The fourth-order valence-electron chi connectivity index (χ4n) is 1.46. The Bertz CT molecular complexity index is 520. The highest BCUT2D eigenvalue weighted by Gasteiger charge is 2.07. The molecule has 1 amide bonds. The molecule has 1 aromatic heterocycles. The lowest BCUT2D eigenvalue weighted by molar-refractivity contribution is 0.102. The molecule has 2 rings (SSSR count). The Morgan fingerprint density at radius 2 is 1.72 bits per heavy atom. The Labute approximate surface area is 106 Å². The Balaban J connectivity index is 2.08. The minimum atomic E-state index is -0.201. The van der Waals surface area contributed by atoms with Crippen molar-refractivity contribution in [2.75, 3.05) is 5.32 Å². The SMILES string of the molecule is CC(C)c1cnc(NC(=O)c2ccccc2)nc1. The van der Waals surface area contributed by atoms with Crippen molar-refractivity contribution in [3.63, 3.8) is 0 Å². The van der Waals surface area contributed by atoms with Crippen LogP contribution in [0.3, 0.4) is 0 Å². The second-order valence-electron chi connectivity index (χ2n) is 4.31. The van der Waals surface area contributed by atoms with Crippen molar-refractivity contribution in [3.8, 4) is 0 Å². The third-order valence-corrected chi connectivity index (χ3v) is 2.60. The number of anilines is 1. The van der Waals surface area contributed by atoms with Gasteiger partial charge in [-0.25, -0.2) is 9.97 Å². The van der Waals surface area contributed by atoms with Crippen molar-refractivity contribution >= 4 is 11.9 Å². The maximum Gasteiger partial charge on any atom is 0.258 e. The summed E-state index contributed by atoms with van der Waals surface area (Å²) in [7, 11) is 0. The molecule has 0 aliphatic heterocycles. The third kappa shape index (κ3) is 2.91. The number of hydrogen-bond acceptors (Lipinski definition) is 3. The first-order chi connectivity index (χ1) is 8.66. The van der Waals surface area contributed by atoms with Gasteiger partial charge in [0, 0.05) is 18.0 Å². The van der Waals surface area contributed by atoms with Crippen LogP contribution < -0.4 is 5.32 Å². The van der Waals surface area contributed by atoms with Crippen LogP contribution >= 0.6 is 0 Å². The molecule has 4 heteroatoms. The van der Waals surface area contributed by atoms with Crippen LogP contribution in [0.2, 0.25) is 0 Å². The van der Waals surface area contributed by atoms with Crippen LogP contribution in [0.15, 0.2) is 42.7 Å². The molecule has 2 aromatic rings. The lowest BCUT2D eigenvalue weighted by Gasteiger charge is -2.06. The van der Waals surface area contributed by atoms with Gasteiger partial charge in [-0.3, -0.25) is 10.1 Å². The predicted molar refractivity (Wildman–Crippen MR) is 70.5 cm³/mol. The Kier molecular flexibility index (Phi) is 3.67. The normalized spacial score (nSPS) is 10.4. The zero-order chi connectivity index (χ0) is 13.0. The van der Waals surface area contributed by atoms with Gasteiger partial charge in [0.2, 0.25) is 5.95 Å². The maximum absolute atomic E-state index is 11.8. The van der Waals surface area contributed by atoms with E-state index in [0.29, 0.717) is 17.4 Å². The van der Waals surface area contributed by atoms with Crippen LogP contribution in [-0.4, -0.2) is 15.9 Å². The fraction of sp³-hybridized carbons (Fsp3) is 0.214. The zero-order valence-electron chi connectivity index (χ0n) is 10.4. The first kappa shape index (κ1) is 12.2. The van der Waals surface area contributed by atoms with E-state index in [1.807, 2.05) is 18.2 Å². The van der Waals surface area contributed by atoms with Gasteiger partial charge in [-0.15, -0.1) is 0 Å². The summed E-state index contributed by atoms with van der Waals surface area (Å²) in [5, 5.41) is 2.66. The lowest BCUT2D eigenvalue weighted by atomic mass is 10.1. The molecule has 0 atom stereocenters. The van der Waals surface area contributed by atoms with Gasteiger partial charge in [-0.2, -0.15) is 0 Å². The number of carbonyl (C=O) groups excluding carboxylic acids is 1. The van der Waals surface area contributed by atoms with Crippen molar-refractivity contribution in [1.82, 2.24) is 9.97 Å². The Hall–Kier alpha value is -2.23. The van der Waals surface area contributed by atoms with Crippen LogP contribution in [0, 0.1) is 0 Å². The summed E-state index contributed by atoms with van der Waals surface area (Å²) in [6.07, 6.45) is 3.47. The number of amides is 1. The van der Waals surface area contributed by atoms with Gasteiger partial charge in [0.25, 0.3) is 5.91 Å². The zero-order valence-corrected chi connectivity index (χ0v) is 10.4. The number of hydrogen-bond donors (Lipinski definition) is 1. The summed E-state index contributed by atoms with van der Waals surface area (Å²) in [6.45, 7) is 4.14. The van der Waals surface area contributed by atoms with Crippen LogP contribution in [0.5, 0.6) is 0 Å². The Morgan fingerprint density at radius 1 is 1.11 bits per heavy atom. The van der Waals surface area contributed by atoms with E-state index in [0.717, 1.165) is 5.56 Å². The van der Waals surface area contributed by atoms with Gasteiger partial charge < -0.3 is 0 Å². The second-order valence-corrected chi connectivity index (χ2v) is 4.31. The molecule has 0 spiro atoms. The first-order valence-electron chi connectivity index (χ1n) is 5.85. The van der Waals surface area contributed by atoms with Crippen molar-refractivity contribution in [2.45, 2.75) is 19.8 Å². The van der Waals surface area contributed by atoms with E-state index >= 15 is 0 Å². The molecule has 1 heterocycles. The maximum atomic E-state index is 11.8. The molecule has 0 saturated heterocycles. The molecule has 4 nitrogen and oxygen atoms in total. The van der Waals surface area contributed by atoms with E-state index in [2.05, 4.69) is 29.1 Å². The number of nitrogens with zero attached hydrogens (tertiary/aromatic N) is 2. The first-order valence-corrected chi connectivity index (χ1v) is 5.85. The molecule has 92 valence electrons. The molecular formula is C14H15N3O. The molecule has 0 bridgehead atoms. The molecule has 0 radical (unpaired) electrons.